The molecule has 2 aliphatic rings. The summed E-state index contributed by atoms with van der Waals surface area (Å²) in [6.07, 6.45) is 9.76. The first-order chi connectivity index (χ1) is 8.66. The Balaban J connectivity index is 2.11. The fraction of sp³-hybridized carbons (Fsp3) is 1.00. The first kappa shape index (κ1) is 14.3. The summed E-state index contributed by atoms with van der Waals surface area (Å²) in [4.78, 5) is 2.72. The van der Waals surface area contributed by atoms with Gasteiger partial charge < -0.3 is 5.73 Å². The van der Waals surface area contributed by atoms with E-state index in [0.717, 1.165) is 24.9 Å². The summed E-state index contributed by atoms with van der Waals surface area (Å²) in [6.45, 7) is 9.00. The molecule has 106 valence electrons. The van der Waals surface area contributed by atoms with Crippen LogP contribution in [0.3, 0.4) is 0 Å². The number of hydrogen-bond acceptors (Lipinski definition) is 2. The van der Waals surface area contributed by atoms with Crippen molar-refractivity contribution < 1.29 is 0 Å². The number of rotatable bonds is 6. The fourth-order valence-electron chi connectivity index (χ4n) is 4.25. The first-order valence-electron chi connectivity index (χ1n) is 8.13. The summed E-state index contributed by atoms with van der Waals surface area (Å²) in [6, 6.07) is 0.677. The molecule has 0 aromatic carbocycles. The van der Waals surface area contributed by atoms with E-state index >= 15 is 0 Å². The van der Waals surface area contributed by atoms with Crippen molar-refractivity contribution in [1.29, 1.82) is 0 Å². The van der Waals surface area contributed by atoms with Crippen molar-refractivity contribution in [3.63, 3.8) is 0 Å². The standard InChI is InChI=1S/C16H32N2/c1-4-13(3)18(5-2)16(12-17)10-6-7-15(11-16)14-8-9-14/h13-15H,4-12,17H2,1-3H3. The molecule has 3 atom stereocenters. The highest BCUT2D eigenvalue weighted by Gasteiger charge is 2.44. The predicted octanol–water partition coefficient (Wildman–Crippen LogP) is 3.40. The fourth-order valence-corrected chi connectivity index (χ4v) is 4.25. The molecule has 0 saturated heterocycles. The van der Waals surface area contributed by atoms with E-state index in [9.17, 15) is 0 Å². The lowest BCUT2D eigenvalue weighted by Crippen LogP contribution is -2.59. The van der Waals surface area contributed by atoms with E-state index in [0.29, 0.717) is 11.6 Å². The van der Waals surface area contributed by atoms with E-state index in [1.165, 1.54) is 44.9 Å². The summed E-state index contributed by atoms with van der Waals surface area (Å²) in [5.74, 6) is 2.02. The molecule has 0 aliphatic heterocycles. The van der Waals surface area contributed by atoms with Crippen LogP contribution in [0.25, 0.3) is 0 Å². The summed E-state index contributed by atoms with van der Waals surface area (Å²) >= 11 is 0. The van der Waals surface area contributed by atoms with Crippen LogP contribution < -0.4 is 5.73 Å². The van der Waals surface area contributed by atoms with E-state index in [2.05, 4.69) is 25.7 Å². The second-order valence-corrected chi connectivity index (χ2v) is 6.67. The van der Waals surface area contributed by atoms with Gasteiger partial charge in [0.2, 0.25) is 0 Å². The van der Waals surface area contributed by atoms with Crippen LogP contribution in [0.4, 0.5) is 0 Å². The van der Waals surface area contributed by atoms with Gasteiger partial charge in [-0.2, -0.15) is 0 Å². The smallest absolute Gasteiger partial charge is 0.0337 e. The van der Waals surface area contributed by atoms with Crippen LogP contribution in [0, 0.1) is 11.8 Å². The van der Waals surface area contributed by atoms with E-state index in [1.54, 1.807) is 0 Å². The lowest BCUT2D eigenvalue weighted by molar-refractivity contribution is 0.00600. The van der Waals surface area contributed by atoms with Gasteiger partial charge in [0.15, 0.2) is 0 Å². The number of hydrogen-bond donors (Lipinski definition) is 1. The number of nitrogens with zero attached hydrogens (tertiary/aromatic N) is 1. The maximum atomic E-state index is 6.25. The maximum absolute atomic E-state index is 6.25. The van der Waals surface area contributed by atoms with Gasteiger partial charge in [0.25, 0.3) is 0 Å². The monoisotopic (exact) mass is 252 g/mol. The Bertz CT molecular complexity index is 262. The normalized spacial score (nSPS) is 34.8. The van der Waals surface area contributed by atoms with Crippen LogP contribution >= 0.6 is 0 Å². The zero-order valence-corrected chi connectivity index (χ0v) is 12.6. The minimum absolute atomic E-state index is 0.315. The summed E-state index contributed by atoms with van der Waals surface area (Å²) in [5, 5.41) is 0. The molecule has 0 bridgehead atoms. The molecular formula is C16H32N2. The van der Waals surface area contributed by atoms with Gasteiger partial charge in [-0.3, -0.25) is 4.90 Å². The third kappa shape index (κ3) is 2.75. The molecule has 2 saturated carbocycles. The average molecular weight is 252 g/mol. The molecule has 2 nitrogen and oxygen atoms in total. The Labute approximate surface area is 113 Å². The third-order valence-electron chi connectivity index (χ3n) is 5.60. The van der Waals surface area contributed by atoms with Crippen molar-refractivity contribution >= 4 is 0 Å². The number of likely N-dealkylation sites (N-methyl/N-ethyl adjacent to an activating group) is 1. The van der Waals surface area contributed by atoms with Crippen LogP contribution in [0.1, 0.15) is 65.7 Å². The molecule has 3 unspecified atom stereocenters. The van der Waals surface area contributed by atoms with Crippen molar-refractivity contribution in [3.8, 4) is 0 Å². The highest BCUT2D eigenvalue weighted by atomic mass is 15.2. The van der Waals surface area contributed by atoms with Crippen LogP contribution in [-0.2, 0) is 0 Å². The lowest BCUT2D eigenvalue weighted by Gasteiger charge is -2.50. The van der Waals surface area contributed by atoms with Crippen molar-refractivity contribution in [2.75, 3.05) is 13.1 Å². The van der Waals surface area contributed by atoms with Gasteiger partial charge >= 0.3 is 0 Å². The third-order valence-corrected chi connectivity index (χ3v) is 5.60. The quantitative estimate of drug-likeness (QED) is 0.785. The van der Waals surface area contributed by atoms with Gasteiger partial charge in [-0.05, 0) is 57.4 Å². The Kier molecular flexibility index (Phi) is 4.71. The Hall–Kier alpha value is -0.0800. The summed E-state index contributed by atoms with van der Waals surface area (Å²) < 4.78 is 0. The summed E-state index contributed by atoms with van der Waals surface area (Å²) in [7, 11) is 0. The zero-order valence-electron chi connectivity index (χ0n) is 12.6. The topological polar surface area (TPSA) is 29.3 Å². The van der Waals surface area contributed by atoms with E-state index in [4.69, 9.17) is 5.73 Å². The lowest BCUT2D eigenvalue weighted by atomic mass is 9.72. The second kappa shape index (κ2) is 5.92. The second-order valence-electron chi connectivity index (χ2n) is 6.67. The molecule has 0 heterocycles. The molecule has 0 aromatic heterocycles. The predicted molar refractivity (Wildman–Crippen MR) is 78.6 cm³/mol. The molecule has 2 N–H and O–H groups in total. The molecule has 0 radical (unpaired) electrons. The van der Waals surface area contributed by atoms with Gasteiger partial charge in [-0.1, -0.05) is 26.7 Å². The van der Waals surface area contributed by atoms with Crippen molar-refractivity contribution in [3.05, 3.63) is 0 Å². The van der Waals surface area contributed by atoms with E-state index in [1.807, 2.05) is 0 Å². The molecular weight excluding hydrogens is 220 g/mol. The van der Waals surface area contributed by atoms with Crippen LogP contribution in [-0.4, -0.2) is 29.6 Å². The molecule has 2 heteroatoms. The van der Waals surface area contributed by atoms with Gasteiger partial charge in [-0.15, -0.1) is 0 Å². The van der Waals surface area contributed by atoms with Gasteiger partial charge in [0, 0.05) is 18.1 Å². The first-order valence-corrected chi connectivity index (χ1v) is 8.13. The summed E-state index contributed by atoms with van der Waals surface area (Å²) in [5.41, 5.74) is 6.56. The molecule has 0 amide bonds. The number of nitrogens with two attached hydrogens (primary N) is 1. The van der Waals surface area contributed by atoms with Crippen molar-refractivity contribution in [2.24, 2.45) is 17.6 Å². The molecule has 18 heavy (non-hydrogen) atoms. The van der Waals surface area contributed by atoms with Crippen LogP contribution in [0.5, 0.6) is 0 Å². The van der Waals surface area contributed by atoms with Gasteiger partial charge in [0.1, 0.15) is 0 Å². The highest BCUT2D eigenvalue weighted by molar-refractivity contribution is 5.00. The average Bonchev–Trinajstić information content (AvgIpc) is 3.24. The molecule has 0 spiro atoms. The van der Waals surface area contributed by atoms with Gasteiger partial charge in [0.05, 0.1) is 0 Å². The molecule has 2 aliphatic carbocycles. The Morgan fingerprint density at radius 2 is 1.94 bits per heavy atom. The van der Waals surface area contributed by atoms with Crippen LogP contribution in [0.2, 0.25) is 0 Å². The van der Waals surface area contributed by atoms with Gasteiger partial charge in [-0.25, -0.2) is 0 Å². The largest absolute Gasteiger partial charge is 0.329 e. The maximum Gasteiger partial charge on any atom is 0.0337 e. The minimum Gasteiger partial charge on any atom is -0.329 e. The van der Waals surface area contributed by atoms with Crippen LogP contribution in [0.15, 0.2) is 0 Å². The molecule has 0 aromatic rings. The SMILES string of the molecule is CCC(C)N(CC)C1(CN)CCCC(C2CC2)C1. The van der Waals surface area contributed by atoms with Crippen molar-refractivity contribution in [1.82, 2.24) is 4.90 Å². The molecule has 2 fully saturated rings. The zero-order chi connectivity index (χ0) is 13.2. The minimum atomic E-state index is 0.315. The Morgan fingerprint density at radius 1 is 1.22 bits per heavy atom. The van der Waals surface area contributed by atoms with Crippen molar-refractivity contribution in [2.45, 2.75) is 77.3 Å². The van der Waals surface area contributed by atoms with E-state index < -0.39 is 0 Å². The molecule has 2 rings (SSSR count). The highest BCUT2D eigenvalue weighted by Crippen LogP contribution is 2.48. The van der Waals surface area contributed by atoms with E-state index in [-0.39, 0.29) is 0 Å². The Morgan fingerprint density at radius 3 is 2.44 bits per heavy atom.